The van der Waals surface area contributed by atoms with Crippen molar-refractivity contribution in [2.75, 3.05) is 11.1 Å². The smallest absolute Gasteiger partial charge is 0.241 e. The molecule has 3 aromatic rings. The number of benzene rings is 2. The number of nitrogens with one attached hydrogen (secondary N) is 1. The maximum absolute atomic E-state index is 12.3. The highest BCUT2D eigenvalue weighted by atomic mass is 35.5. The predicted octanol–water partition coefficient (Wildman–Crippen LogP) is 4.49. The van der Waals surface area contributed by atoms with E-state index in [1.54, 1.807) is 0 Å². The summed E-state index contributed by atoms with van der Waals surface area (Å²) in [5, 5.41) is 5.18. The third-order valence-corrected chi connectivity index (χ3v) is 6.69. The Balaban J connectivity index is 1.70. The first-order chi connectivity index (χ1) is 12.7. The summed E-state index contributed by atoms with van der Waals surface area (Å²) in [5.41, 5.74) is 4.03. The van der Waals surface area contributed by atoms with Crippen molar-refractivity contribution >= 4 is 43.8 Å². The third kappa shape index (κ3) is 4.74. The fourth-order valence-corrected chi connectivity index (χ4v) is 4.41. The molecule has 0 saturated heterocycles. The molecule has 140 valence electrons. The maximum atomic E-state index is 12.3. The minimum atomic E-state index is -3.75. The van der Waals surface area contributed by atoms with Crippen molar-refractivity contribution in [1.82, 2.24) is 4.98 Å². The minimum Gasteiger partial charge on any atom is -0.301 e. The third-order valence-electron chi connectivity index (χ3n) is 4.05. The molecule has 1 amide bonds. The first-order valence-corrected chi connectivity index (χ1v) is 11.0. The van der Waals surface area contributed by atoms with Gasteiger partial charge in [0.2, 0.25) is 5.91 Å². The van der Waals surface area contributed by atoms with E-state index in [1.165, 1.54) is 41.2 Å². The molecule has 5 nitrogen and oxygen atoms in total. The van der Waals surface area contributed by atoms with Gasteiger partial charge in [-0.05, 0) is 55.3 Å². The number of thiazole rings is 1. The fourth-order valence-electron chi connectivity index (χ4n) is 2.42. The van der Waals surface area contributed by atoms with Crippen molar-refractivity contribution in [2.24, 2.45) is 0 Å². The lowest BCUT2D eigenvalue weighted by Crippen LogP contribution is -2.22. The molecule has 0 aliphatic carbocycles. The first kappa shape index (κ1) is 19.5. The molecule has 0 unspecified atom stereocenters. The summed E-state index contributed by atoms with van der Waals surface area (Å²) < 4.78 is 24.6. The van der Waals surface area contributed by atoms with E-state index in [-0.39, 0.29) is 4.90 Å². The van der Waals surface area contributed by atoms with Crippen LogP contribution in [0.2, 0.25) is 5.02 Å². The molecular weight excluding hydrogens is 404 g/mol. The first-order valence-electron chi connectivity index (χ1n) is 8.06. The maximum Gasteiger partial charge on any atom is 0.241 e. The SMILES string of the molecule is Cc1ccc(-c2csc(NC(=O)CS(=O)(=O)c3ccc(Cl)cc3)n2)cc1C. The van der Waals surface area contributed by atoms with E-state index in [9.17, 15) is 13.2 Å². The van der Waals surface area contributed by atoms with E-state index in [0.29, 0.717) is 10.2 Å². The largest absolute Gasteiger partial charge is 0.301 e. The van der Waals surface area contributed by atoms with Gasteiger partial charge in [-0.25, -0.2) is 13.4 Å². The van der Waals surface area contributed by atoms with Crippen LogP contribution in [-0.4, -0.2) is 25.1 Å². The number of carbonyl (C=O) groups excluding carboxylic acids is 1. The Morgan fingerprint density at radius 1 is 1.11 bits per heavy atom. The molecule has 1 N–H and O–H groups in total. The van der Waals surface area contributed by atoms with Gasteiger partial charge in [0.25, 0.3) is 0 Å². The standard InChI is InChI=1S/C19H17ClN2O3S2/c1-12-3-4-14(9-13(12)2)17-10-26-19(21-17)22-18(23)11-27(24,25)16-7-5-15(20)6-8-16/h3-10H,11H2,1-2H3,(H,21,22,23). The van der Waals surface area contributed by atoms with Crippen LogP contribution in [0.15, 0.2) is 52.7 Å². The van der Waals surface area contributed by atoms with E-state index in [0.717, 1.165) is 16.8 Å². The van der Waals surface area contributed by atoms with Crippen molar-refractivity contribution in [1.29, 1.82) is 0 Å². The number of nitrogens with zero attached hydrogens (tertiary/aromatic N) is 1. The summed E-state index contributed by atoms with van der Waals surface area (Å²) in [6, 6.07) is 11.7. The highest BCUT2D eigenvalue weighted by molar-refractivity contribution is 7.92. The monoisotopic (exact) mass is 420 g/mol. The highest BCUT2D eigenvalue weighted by Gasteiger charge is 2.20. The molecule has 1 heterocycles. The number of carbonyl (C=O) groups is 1. The number of aryl methyl sites for hydroxylation is 2. The van der Waals surface area contributed by atoms with Gasteiger partial charge in [-0.15, -0.1) is 11.3 Å². The Morgan fingerprint density at radius 2 is 1.81 bits per heavy atom. The average molecular weight is 421 g/mol. The number of hydrogen-bond donors (Lipinski definition) is 1. The summed E-state index contributed by atoms with van der Waals surface area (Å²) in [7, 11) is -3.75. The molecule has 27 heavy (non-hydrogen) atoms. The van der Waals surface area contributed by atoms with Crippen LogP contribution in [0.1, 0.15) is 11.1 Å². The van der Waals surface area contributed by atoms with Crippen LogP contribution in [0.3, 0.4) is 0 Å². The van der Waals surface area contributed by atoms with Gasteiger partial charge in [-0.3, -0.25) is 4.79 Å². The van der Waals surface area contributed by atoms with Crippen molar-refractivity contribution < 1.29 is 13.2 Å². The van der Waals surface area contributed by atoms with Crippen LogP contribution < -0.4 is 5.32 Å². The topological polar surface area (TPSA) is 76.1 Å². The Kier molecular flexibility index (Phi) is 5.64. The van der Waals surface area contributed by atoms with Crippen molar-refractivity contribution in [2.45, 2.75) is 18.7 Å². The number of halogens is 1. The molecule has 3 rings (SSSR count). The number of anilines is 1. The molecule has 0 aliphatic rings. The lowest BCUT2D eigenvalue weighted by molar-refractivity contribution is -0.113. The van der Waals surface area contributed by atoms with Crippen molar-refractivity contribution in [3.05, 3.63) is 64.0 Å². The number of amides is 1. The molecule has 0 saturated carbocycles. The van der Waals surface area contributed by atoms with E-state index in [4.69, 9.17) is 11.6 Å². The Bertz CT molecular complexity index is 1090. The summed E-state index contributed by atoms with van der Waals surface area (Å²) in [5.74, 6) is -1.29. The molecule has 0 bridgehead atoms. The minimum absolute atomic E-state index is 0.0528. The second kappa shape index (κ2) is 7.80. The molecular formula is C19H17ClN2O3S2. The lowest BCUT2D eigenvalue weighted by Gasteiger charge is -2.05. The zero-order valence-corrected chi connectivity index (χ0v) is 17.1. The van der Waals surface area contributed by atoms with Gasteiger partial charge in [0.05, 0.1) is 10.6 Å². The van der Waals surface area contributed by atoms with Gasteiger partial charge in [-0.2, -0.15) is 0 Å². The summed E-state index contributed by atoms with van der Waals surface area (Å²) in [4.78, 5) is 16.6. The lowest BCUT2D eigenvalue weighted by atomic mass is 10.1. The average Bonchev–Trinajstić information content (AvgIpc) is 3.05. The van der Waals surface area contributed by atoms with E-state index < -0.39 is 21.5 Å². The fraction of sp³-hybridized carbons (Fsp3) is 0.158. The second-order valence-corrected chi connectivity index (χ2v) is 9.38. The van der Waals surface area contributed by atoms with Crippen LogP contribution in [0.4, 0.5) is 5.13 Å². The summed E-state index contributed by atoms with van der Waals surface area (Å²) >= 11 is 7.02. The van der Waals surface area contributed by atoms with Gasteiger partial charge in [0.1, 0.15) is 5.75 Å². The van der Waals surface area contributed by atoms with Gasteiger partial charge >= 0.3 is 0 Å². The van der Waals surface area contributed by atoms with Crippen molar-refractivity contribution in [3.63, 3.8) is 0 Å². The normalized spacial score (nSPS) is 11.4. The highest BCUT2D eigenvalue weighted by Crippen LogP contribution is 2.26. The molecule has 0 radical (unpaired) electrons. The summed E-state index contributed by atoms with van der Waals surface area (Å²) in [6.07, 6.45) is 0. The van der Waals surface area contributed by atoms with Crippen LogP contribution >= 0.6 is 22.9 Å². The number of sulfone groups is 1. The molecule has 0 aliphatic heterocycles. The van der Waals surface area contributed by atoms with Gasteiger partial charge in [0, 0.05) is 16.0 Å². The van der Waals surface area contributed by atoms with E-state index in [2.05, 4.69) is 10.3 Å². The zero-order valence-electron chi connectivity index (χ0n) is 14.7. The predicted molar refractivity (Wildman–Crippen MR) is 109 cm³/mol. The molecule has 0 fully saturated rings. The molecule has 0 atom stereocenters. The second-order valence-electron chi connectivity index (χ2n) is 6.10. The molecule has 0 spiro atoms. The molecule has 8 heteroatoms. The van der Waals surface area contributed by atoms with Gasteiger partial charge < -0.3 is 5.32 Å². The Morgan fingerprint density at radius 3 is 2.48 bits per heavy atom. The van der Waals surface area contributed by atoms with Crippen LogP contribution in [-0.2, 0) is 14.6 Å². The number of hydrogen-bond acceptors (Lipinski definition) is 5. The number of rotatable bonds is 5. The zero-order chi connectivity index (χ0) is 19.6. The van der Waals surface area contributed by atoms with Gasteiger partial charge in [-0.1, -0.05) is 23.7 Å². The molecule has 1 aromatic heterocycles. The van der Waals surface area contributed by atoms with Crippen LogP contribution in [0, 0.1) is 13.8 Å². The van der Waals surface area contributed by atoms with Crippen LogP contribution in [0.5, 0.6) is 0 Å². The molecule has 2 aromatic carbocycles. The number of aromatic nitrogens is 1. The van der Waals surface area contributed by atoms with E-state index in [1.807, 2.05) is 37.4 Å². The summed E-state index contributed by atoms with van der Waals surface area (Å²) in [6.45, 7) is 4.06. The van der Waals surface area contributed by atoms with Crippen LogP contribution in [0.25, 0.3) is 11.3 Å². The Hall–Kier alpha value is -2.22. The van der Waals surface area contributed by atoms with Gasteiger partial charge in [0.15, 0.2) is 15.0 Å². The quantitative estimate of drug-likeness (QED) is 0.659. The van der Waals surface area contributed by atoms with Crippen molar-refractivity contribution in [3.8, 4) is 11.3 Å². The Labute approximate surface area is 167 Å². The van der Waals surface area contributed by atoms with E-state index >= 15 is 0 Å².